The van der Waals surface area contributed by atoms with E-state index in [1.54, 1.807) is 0 Å². The molecule has 3 aromatic heterocycles. The van der Waals surface area contributed by atoms with Crippen molar-refractivity contribution in [1.29, 1.82) is 0 Å². The minimum Gasteiger partial charge on any atom is -0.373 e. The van der Waals surface area contributed by atoms with Gasteiger partial charge in [0, 0.05) is 49.8 Å². The summed E-state index contributed by atoms with van der Waals surface area (Å²) in [7, 11) is 0. The number of halogens is 1. The summed E-state index contributed by atoms with van der Waals surface area (Å²) in [5.74, 6) is 0.457. The lowest BCUT2D eigenvalue weighted by atomic mass is 9.97. The van der Waals surface area contributed by atoms with E-state index in [2.05, 4.69) is 20.5 Å². The van der Waals surface area contributed by atoms with Gasteiger partial charge in [0.2, 0.25) is 0 Å². The van der Waals surface area contributed by atoms with E-state index >= 15 is 0 Å². The van der Waals surface area contributed by atoms with Gasteiger partial charge < -0.3 is 14.5 Å². The van der Waals surface area contributed by atoms with Gasteiger partial charge >= 0.3 is 0 Å². The summed E-state index contributed by atoms with van der Waals surface area (Å²) < 4.78 is 7.79. The number of hydrogen-bond acceptors (Lipinski definition) is 4. The van der Waals surface area contributed by atoms with Crippen molar-refractivity contribution in [1.82, 2.24) is 24.9 Å². The molecule has 2 atom stereocenters. The molecule has 0 amide bonds. The molecule has 0 aliphatic carbocycles. The van der Waals surface area contributed by atoms with Gasteiger partial charge in [0.1, 0.15) is 5.65 Å². The van der Waals surface area contributed by atoms with Crippen molar-refractivity contribution in [2.24, 2.45) is 5.92 Å². The summed E-state index contributed by atoms with van der Waals surface area (Å²) in [5, 5.41) is 11.1. The molecule has 0 bridgehead atoms. The van der Waals surface area contributed by atoms with E-state index in [9.17, 15) is 0 Å². The Hall–Kier alpha value is -1.89. The number of hydrogen-bond donors (Lipinski definition) is 2. The van der Waals surface area contributed by atoms with Crippen LogP contribution in [-0.4, -0.2) is 32.7 Å². The molecular weight excluding hydrogens is 314 g/mol. The molecule has 4 rings (SSSR count). The smallest absolute Gasteiger partial charge is 0.137 e. The van der Waals surface area contributed by atoms with Gasteiger partial charge in [0.25, 0.3) is 0 Å². The van der Waals surface area contributed by atoms with Crippen molar-refractivity contribution < 1.29 is 4.74 Å². The van der Waals surface area contributed by atoms with Crippen molar-refractivity contribution in [2.75, 3.05) is 13.2 Å². The molecule has 120 valence electrons. The van der Waals surface area contributed by atoms with Gasteiger partial charge in [-0.25, -0.2) is 4.98 Å². The Morgan fingerprint density at radius 2 is 2.35 bits per heavy atom. The molecule has 3 aromatic rings. The van der Waals surface area contributed by atoms with E-state index in [1.165, 1.54) is 0 Å². The first-order valence-corrected chi connectivity index (χ1v) is 8.11. The first-order chi connectivity index (χ1) is 11.3. The standard InChI is InChI=1S/C16H18ClN5O/c17-13-1-2-15-21-14(10-22(15)9-13)8-18-5-11-3-4-23-16(11)12-6-19-20-7-12/h1-2,6-7,9-11,16,18H,3-5,8H2,(H,19,20)/t11-,16+/m1/s1. The molecule has 0 saturated carbocycles. The summed E-state index contributed by atoms with van der Waals surface area (Å²) in [6.45, 7) is 2.42. The lowest BCUT2D eigenvalue weighted by Crippen LogP contribution is -2.24. The van der Waals surface area contributed by atoms with Crippen LogP contribution in [0.5, 0.6) is 0 Å². The molecule has 1 aliphatic heterocycles. The zero-order valence-electron chi connectivity index (χ0n) is 12.6. The minimum atomic E-state index is 0.126. The molecule has 0 unspecified atom stereocenters. The molecule has 1 fully saturated rings. The predicted molar refractivity (Wildman–Crippen MR) is 87.3 cm³/mol. The predicted octanol–water partition coefficient (Wildman–Crippen LogP) is 2.58. The number of fused-ring (bicyclic) bond motifs is 1. The number of rotatable bonds is 5. The quantitative estimate of drug-likeness (QED) is 0.754. The first kappa shape index (κ1) is 14.7. The van der Waals surface area contributed by atoms with Crippen molar-refractivity contribution in [3.8, 4) is 0 Å². The monoisotopic (exact) mass is 331 g/mol. The van der Waals surface area contributed by atoms with E-state index in [0.717, 1.165) is 43.0 Å². The fraction of sp³-hybridized carbons (Fsp3) is 0.375. The molecule has 1 saturated heterocycles. The molecule has 0 spiro atoms. The molecule has 7 heteroatoms. The Bertz CT molecular complexity index is 785. The van der Waals surface area contributed by atoms with Crippen molar-refractivity contribution in [2.45, 2.75) is 19.1 Å². The maximum Gasteiger partial charge on any atom is 0.137 e. The average Bonchev–Trinajstić information content (AvgIpc) is 3.26. The molecule has 4 heterocycles. The summed E-state index contributed by atoms with van der Waals surface area (Å²) in [4.78, 5) is 4.58. The van der Waals surface area contributed by atoms with Crippen LogP contribution in [0.25, 0.3) is 5.65 Å². The summed E-state index contributed by atoms with van der Waals surface area (Å²) >= 11 is 6.00. The number of pyridine rings is 1. The number of imidazole rings is 1. The Labute approximate surface area is 138 Å². The zero-order chi connectivity index (χ0) is 15.6. The van der Waals surface area contributed by atoms with E-state index in [4.69, 9.17) is 16.3 Å². The number of ether oxygens (including phenoxy) is 1. The van der Waals surface area contributed by atoms with Crippen molar-refractivity contribution in [3.63, 3.8) is 0 Å². The fourth-order valence-electron chi connectivity index (χ4n) is 3.12. The summed E-state index contributed by atoms with van der Waals surface area (Å²) in [5.41, 5.74) is 3.04. The number of nitrogens with one attached hydrogen (secondary N) is 2. The molecule has 0 radical (unpaired) electrons. The van der Waals surface area contributed by atoms with Crippen LogP contribution >= 0.6 is 11.6 Å². The van der Waals surface area contributed by atoms with Crippen LogP contribution in [0.1, 0.15) is 23.8 Å². The minimum absolute atomic E-state index is 0.126. The maximum atomic E-state index is 6.00. The highest BCUT2D eigenvalue weighted by Gasteiger charge is 2.29. The lowest BCUT2D eigenvalue weighted by Gasteiger charge is -2.17. The molecule has 6 nitrogen and oxygen atoms in total. The highest BCUT2D eigenvalue weighted by Crippen LogP contribution is 2.33. The van der Waals surface area contributed by atoms with E-state index in [1.807, 2.05) is 41.3 Å². The Morgan fingerprint density at radius 1 is 1.39 bits per heavy atom. The normalized spacial score (nSPS) is 21.3. The van der Waals surface area contributed by atoms with Crippen molar-refractivity contribution in [3.05, 3.63) is 53.2 Å². The van der Waals surface area contributed by atoms with Gasteiger partial charge in [-0.3, -0.25) is 5.10 Å². The second-order valence-corrected chi connectivity index (χ2v) is 6.28. The van der Waals surface area contributed by atoms with Gasteiger partial charge in [-0.1, -0.05) is 11.6 Å². The number of aromatic nitrogens is 4. The van der Waals surface area contributed by atoms with Crippen LogP contribution in [0.3, 0.4) is 0 Å². The lowest BCUT2D eigenvalue weighted by molar-refractivity contribution is 0.0904. The van der Waals surface area contributed by atoms with Crippen LogP contribution in [0, 0.1) is 5.92 Å². The van der Waals surface area contributed by atoms with Crippen molar-refractivity contribution >= 4 is 17.2 Å². The highest BCUT2D eigenvalue weighted by atomic mass is 35.5. The highest BCUT2D eigenvalue weighted by molar-refractivity contribution is 6.30. The second kappa shape index (κ2) is 6.31. The number of H-pyrrole nitrogens is 1. The van der Waals surface area contributed by atoms with Gasteiger partial charge in [-0.15, -0.1) is 0 Å². The van der Waals surface area contributed by atoms with Crippen LogP contribution in [0.15, 0.2) is 36.9 Å². The van der Waals surface area contributed by atoms with Gasteiger partial charge in [0.15, 0.2) is 0 Å². The van der Waals surface area contributed by atoms with E-state index in [0.29, 0.717) is 10.9 Å². The van der Waals surface area contributed by atoms with Crippen LogP contribution in [0.4, 0.5) is 0 Å². The maximum absolute atomic E-state index is 6.00. The van der Waals surface area contributed by atoms with Gasteiger partial charge in [-0.2, -0.15) is 5.10 Å². The fourth-order valence-corrected chi connectivity index (χ4v) is 3.28. The Kier molecular flexibility index (Phi) is 4.03. The Balaban J connectivity index is 1.37. The number of nitrogens with zero attached hydrogens (tertiary/aromatic N) is 3. The average molecular weight is 332 g/mol. The topological polar surface area (TPSA) is 67.2 Å². The SMILES string of the molecule is Clc1ccc2nc(CNC[C@H]3CCO[C@@H]3c3cn[nH]c3)cn2c1. The summed E-state index contributed by atoms with van der Waals surface area (Å²) in [6, 6.07) is 3.78. The molecule has 2 N–H and O–H groups in total. The van der Waals surface area contributed by atoms with E-state index in [-0.39, 0.29) is 6.10 Å². The van der Waals surface area contributed by atoms with Crippen LogP contribution in [0.2, 0.25) is 5.02 Å². The van der Waals surface area contributed by atoms with Crippen LogP contribution < -0.4 is 5.32 Å². The third kappa shape index (κ3) is 3.10. The van der Waals surface area contributed by atoms with Gasteiger partial charge in [0.05, 0.1) is 23.0 Å². The molecule has 0 aromatic carbocycles. The molecule has 1 aliphatic rings. The van der Waals surface area contributed by atoms with E-state index < -0.39 is 0 Å². The first-order valence-electron chi connectivity index (χ1n) is 7.74. The largest absolute Gasteiger partial charge is 0.373 e. The third-order valence-electron chi connectivity index (χ3n) is 4.24. The van der Waals surface area contributed by atoms with Crippen LogP contribution in [-0.2, 0) is 11.3 Å². The second-order valence-electron chi connectivity index (χ2n) is 5.85. The third-order valence-corrected chi connectivity index (χ3v) is 4.46. The molecular formula is C16H18ClN5O. The summed E-state index contributed by atoms with van der Waals surface area (Å²) in [6.07, 6.45) is 8.81. The molecule has 23 heavy (non-hydrogen) atoms. The van der Waals surface area contributed by atoms with Gasteiger partial charge in [-0.05, 0) is 18.6 Å². The zero-order valence-corrected chi connectivity index (χ0v) is 13.3. The number of aromatic amines is 1. The Morgan fingerprint density at radius 3 is 3.22 bits per heavy atom.